The highest BCUT2D eigenvalue weighted by molar-refractivity contribution is 5.91. The minimum Gasteiger partial charge on any atom is -0.436 e. The van der Waals surface area contributed by atoms with Gasteiger partial charge in [0.05, 0.1) is 5.52 Å². The number of rotatable bonds is 6. The third-order valence-electron chi connectivity index (χ3n) is 11.2. The largest absolute Gasteiger partial charge is 0.436 e. The summed E-state index contributed by atoms with van der Waals surface area (Å²) in [4.78, 5) is 63.5. The van der Waals surface area contributed by atoms with E-state index in [2.05, 4.69) is 22.2 Å². The summed E-state index contributed by atoms with van der Waals surface area (Å²) in [5, 5.41) is 3.05. The number of ether oxygens (including phenoxy) is 1. The number of piperidine rings is 2. The minimum atomic E-state index is -1.03. The molecule has 0 aliphatic carbocycles. The molecule has 13 heteroatoms. The molecule has 3 fully saturated rings. The molecule has 5 heterocycles. The van der Waals surface area contributed by atoms with Crippen LogP contribution in [-0.2, 0) is 29.4 Å². The Morgan fingerprint density at radius 3 is 2.30 bits per heavy atom. The molecule has 1 atom stereocenters. The Balaban J connectivity index is 1.02. The predicted octanol–water partition coefficient (Wildman–Crippen LogP) is 3.28. The number of fused-ring (bicyclic) bond motifs is 2. The number of nitrogens with zero attached hydrogens (tertiary/aromatic N) is 6. The van der Waals surface area contributed by atoms with Crippen LogP contribution in [0.4, 0.5) is 15.3 Å². The lowest BCUT2D eigenvalue weighted by Gasteiger charge is -2.42. The highest BCUT2D eigenvalue weighted by Gasteiger charge is 2.36. The van der Waals surface area contributed by atoms with Crippen molar-refractivity contribution >= 4 is 34.8 Å². The second-order valence-corrected chi connectivity index (χ2v) is 14.4. The summed E-state index contributed by atoms with van der Waals surface area (Å²) in [6.07, 6.45) is 2.42. The molecule has 1 N–H and O–H groups in total. The molecule has 3 saturated heterocycles. The number of aromatic nitrogens is 1. The number of oxazole rings is 1. The highest BCUT2D eigenvalue weighted by Crippen LogP contribution is 2.27. The molecule has 0 radical (unpaired) electrons. The maximum Gasteiger partial charge on any atom is 0.419 e. The van der Waals surface area contributed by atoms with Crippen molar-refractivity contribution in [3.05, 3.63) is 63.6 Å². The summed E-state index contributed by atoms with van der Waals surface area (Å²) >= 11 is 0. The van der Waals surface area contributed by atoms with Gasteiger partial charge < -0.3 is 34.1 Å². The van der Waals surface area contributed by atoms with Crippen molar-refractivity contribution in [1.82, 2.24) is 29.1 Å². The van der Waals surface area contributed by atoms with E-state index in [1.807, 2.05) is 47.1 Å². The predicted molar refractivity (Wildman–Crippen MR) is 189 cm³/mol. The molecule has 50 heavy (non-hydrogen) atoms. The van der Waals surface area contributed by atoms with Crippen molar-refractivity contribution in [3.8, 4) is 0 Å². The Labute approximate surface area is 292 Å². The first-order valence-corrected chi connectivity index (χ1v) is 18.1. The zero-order chi connectivity index (χ0) is 34.9. The molecule has 0 spiro atoms. The van der Waals surface area contributed by atoms with Crippen LogP contribution in [0, 0.1) is 6.92 Å². The maximum absolute atomic E-state index is 14.2. The smallest absolute Gasteiger partial charge is 0.419 e. The molecular weight excluding hydrogens is 638 g/mol. The second-order valence-electron chi connectivity index (χ2n) is 14.4. The van der Waals surface area contributed by atoms with E-state index in [0.717, 1.165) is 67.8 Å². The van der Waals surface area contributed by atoms with E-state index >= 15 is 0 Å². The van der Waals surface area contributed by atoms with Crippen molar-refractivity contribution in [2.75, 3.05) is 71.3 Å². The number of anilines is 1. The van der Waals surface area contributed by atoms with Gasteiger partial charge in [-0.3, -0.25) is 14.3 Å². The SMILES string of the molecule is Cc1cc(C[C@@H](OC(=O)N2CCC(N3CCc4ccccc4NC3=O)CC2)C(=O)N2CCC(N3CCN(C)CC3)CC2)cc2oc(=O)n(C)c12. The molecule has 0 unspecified atom stereocenters. The number of hydrogen-bond donors (Lipinski definition) is 1. The van der Waals surface area contributed by atoms with Gasteiger partial charge in [-0.25, -0.2) is 14.4 Å². The molecule has 4 aliphatic heterocycles. The molecule has 0 bridgehead atoms. The summed E-state index contributed by atoms with van der Waals surface area (Å²) in [6, 6.07) is 11.9. The summed E-state index contributed by atoms with van der Waals surface area (Å²) in [6.45, 7) is 8.80. The van der Waals surface area contributed by atoms with E-state index in [1.54, 1.807) is 18.0 Å². The topological polar surface area (TPSA) is 124 Å². The van der Waals surface area contributed by atoms with Gasteiger partial charge >= 0.3 is 17.9 Å². The number of urea groups is 1. The summed E-state index contributed by atoms with van der Waals surface area (Å²) in [5.41, 5.74) is 4.72. The number of amides is 4. The number of carbonyl (C=O) groups excluding carboxylic acids is 3. The zero-order valence-corrected chi connectivity index (χ0v) is 29.4. The Hall–Kier alpha value is -4.36. The number of likely N-dealkylation sites (N-methyl/N-ethyl adjacent to an activating group) is 1. The molecule has 13 nitrogen and oxygen atoms in total. The van der Waals surface area contributed by atoms with Gasteiger partial charge in [0.25, 0.3) is 5.91 Å². The second kappa shape index (κ2) is 14.5. The number of piperazine rings is 1. The molecular formula is C37H49N7O6. The van der Waals surface area contributed by atoms with Crippen molar-refractivity contribution in [3.63, 3.8) is 0 Å². The van der Waals surface area contributed by atoms with Gasteiger partial charge in [-0.2, -0.15) is 0 Å². The van der Waals surface area contributed by atoms with E-state index < -0.39 is 18.0 Å². The van der Waals surface area contributed by atoms with E-state index in [0.29, 0.717) is 62.7 Å². The van der Waals surface area contributed by atoms with Gasteiger partial charge in [0.2, 0.25) is 0 Å². The van der Waals surface area contributed by atoms with Crippen LogP contribution in [0.25, 0.3) is 11.1 Å². The van der Waals surface area contributed by atoms with Crippen LogP contribution in [0.3, 0.4) is 0 Å². The summed E-state index contributed by atoms with van der Waals surface area (Å²) in [7, 11) is 3.82. The Morgan fingerprint density at radius 1 is 0.880 bits per heavy atom. The number of hydrogen-bond acceptors (Lipinski definition) is 8. The third kappa shape index (κ3) is 7.11. The number of para-hydroxylation sites is 1. The molecule has 7 rings (SSSR count). The average molecular weight is 688 g/mol. The quantitative estimate of drug-likeness (QED) is 0.419. The van der Waals surface area contributed by atoms with E-state index in [9.17, 15) is 19.2 Å². The fraction of sp³-hybridized carbons (Fsp3) is 0.568. The summed E-state index contributed by atoms with van der Waals surface area (Å²) < 4.78 is 13.1. The van der Waals surface area contributed by atoms with Crippen LogP contribution in [0.2, 0.25) is 0 Å². The van der Waals surface area contributed by atoms with Gasteiger partial charge in [0.1, 0.15) is 0 Å². The fourth-order valence-corrected chi connectivity index (χ4v) is 8.23. The van der Waals surface area contributed by atoms with Crippen molar-refractivity contribution in [2.24, 2.45) is 7.05 Å². The van der Waals surface area contributed by atoms with Gasteiger partial charge in [0.15, 0.2) is 11.7 Å². The van der Waals surface area contributed by atoms with E-state index in [1.165, 1.54) is 4.57 Å². The third-order valence-corrected chi connectivity index (χ3v) is 11.2. The van der Waals surface area contributed by atoms with Crippen LogP contribution in [0.5, 0.6) is 0 Å². The first-order valence-electron chi connectivity index (χ1n) is 18.1. The van der Waals surface area contributed by atoms with Crippen LogP contribution >= 0.6 is 0 Å². The van der Waals surface area contributed by atoms with Crippen molar-refractivity contribution < 1.29 is 23.5 Å². The molecule has 1 aromatic heterocycles. The molecule has 4 amide bonds. The number of nitrogens with one attached hydrogen (secondary N) is 1. The first-order chi connectivity index (χ1) is 24.1. The zero-order valence-electron chi connectivity index (χ0n) is 29.4. The molecule has 268 valence electrons. The maximum atomic E-state index is 14.2. The molecule has 2 aromatic carbocycles. The first kappa shape index (κ1) is 34.1. The standard InChI is InChI=1S/C37H49N7O6/c1-25-22-26(23-31-33(25)40(3)36(47)49-31)24-32(34(45)42-13-9-28(10-14-42)41-20-18-39(2)19-21-41)50-37(48)43-15-11-29(12-16-43)44-17-8-27-6-4-5-7-30(27)38-35(44)46/h4-7,22-23,28-29,32H,8-21,24H2,1-3H3,(H,38,46)/t32-/m1/s1. The van der Waals surface area contributed by atoms with Crippen LogP contribution in [0.15, 0.2) is 45.6 Å². The fourth-order valence-electron chi connectivity index (χ4n) is 8.23. The van der Waals surface area contributed by atoms with Gasteiger partial charge in [-0.05, 0) is 74.9 Å². The number of carbonyl (C=O) groups is 3. The monoisotopic (exact) mass is 687 g/mol. The number of aryl methyl sites for hydroxylation is 2. The van der Waals surface area contributed by atoms with Gasteiger partial charge in [-0.1, -0.05) is 24.3 Å². The van der Waals surface area contributed by atoms with Gasteiger partial charge in [0, 0.05) is 90.1 Å². The Morgan fingerprint density at radius 2 is 1.56 bits per heavy atom. The number of likely N-dealkylation sites (tertiary alicyclic amines) is 2. The van der Waals surface area contributed by atoms with Crippen LogP contribution < -0.4 is 11.1 Å². The lowest BCUT2D eigenvalue weighted by Crippen LogP contribution is -2.54. The van der Waals surface area contributed by atoms with Crippen LogP contribution in [-0.4, -0.2) is 131 Å². The number of benzene rings is 2. The average Bonchev–Trinajstić information content (AvgIpc) is 3.30. The van der Waals surface area contributed by atoms with Crippen molar-refractivity contribution in [2.45, 2.75) is 63.6 Å². The summed E-state index contributed by atoms with van der Waals surface area (Å²) in [5.74, 6) is -0.647. The Kier molecular flexibility index (Phi) is 9.87. The van der Waals surface area contributed by atoms with Crippen molar-refractivity contribution in [1.29, 1.82) is 0 Å². The highest BCUT2D eigenvalue weighted by atomic mass is 16.6. The molecule has 4 aliphatic rings. The Bertz CT molecular complexity index is 1780. The van der Waals surface area contributed by atoms with E-state index in [4.69, 9.17) is 9.15 Å². The minimum absolute atomic E-state index is 0.00243. The molecule has 0 saturated carbocycles. The normalized spacial score (nSPS) is 20.8. The lowest BCUT2D eigenvalue weighted by atomic mass is 9.99. The van der Waals surface area contributed by atoms with Gasteiger partial charge in [-0.15, -0.1) is 0 Å². The van der Waals surface area contributed by atoms with Crippen LogP contribution in [0.1, 0.15) is 42.4 Å². The lowest BCUT2D eigenvalue weighted by molar-refractivity contribution is -0.142. The molecule has 3 aromatic rings. The van der Waals surface area contributed by atoms with E-state index in [-0.39, 0.29) is 24.4 Å².